The highest BCUT2D eigenvalue weighted by Crippen LogP contribution is 2.08. The summed E-state index contributed by atoms with van der Waals surface area (Å²) in [7, 11) is 1.66. The number of nitrogens with zero attached hydrogens (tertiary/aromatic N) is 1. The number of hydrogen-bond donors (Lipinski definition) is 1. The van der Waals surface area contributed by atoms with Gasteiger partial charge in [0.25, 0.3) is 6.43 Å². The molecule has 19 heavy (non-hydrogen) atoms. The zero-order chi connectivity index (χ0) is 14.3. The zero-order valence-corrected chi connectivity index (χ0v) is 10.8. The summed E-state index contributed by atoms with van der Waals surface area (Å²) in [5.74, 6) is -0.147. The van der Waals surface area contributed by atoms with E-state index >= 15 is 0 Å². The first-order valence-corrected chi connectivity index (χ1v) is 5.93. The maximum Gasteiger partial charge on any atom is 0.261 e. The fraction of sp³-hybridized carbons (Fsp3) is 0.462. The van der Waals surface area contributed by atoms with Gasteiger partial charge in [0.15, 0.2) is 0 Å². The van der Waals surface area contributed by atoms with Crippen molar-refractivity contribution in [2.75, 3.05) is 26.0 Å². The standard InChI is InChI=1S/C13H18F2N2O2/c1-17(8-10-2-4-11(16)5-3-10)13(18)6-7-19-9-12(14)15/h2-5,12H,6-9,16H2,1H3. The molecule has 0 fully saturated rings. The number of carbonyl (C=O) groups excluding carboxylic acids is 1. The zero-order valence-electron chi connectivity index (χ0n) is 10.8. The lowest BCUT2D eigenvalue weighted by Gasteiger charge is -2.17. The van der Waals surface area contributed by atoms with Gasteiger partial charge in [0, 0.05) is 19.3 Å². The maximum atomic E-state index is 11.8. The molecule has 1 rings (SSSR count). The summed E-state index contributed by atoms with van der Waals surface area (Å²) in [5.41, 5.74) is 7.19. The van der Waals surface area contributed by atoms with Crippen LogP contribution in [0.4, 0.5) is 14.5 Å². The molecule has 0 aromatic heterocycles. The number of carbonyl (C=O) groups is 1. The monoisotopic (exact) mass is 272 g/mol. The minimum absolute atomic E-state index is 0.00918. The topological polar surface area (TPSA) is 55.6 Å². The first-order valence-electron chi connectivity index (χ1n) is 5.93. The number of amides is 1. The van der Waals surface area contributed by atoms with E-state index in [1.54, 1.807) is 19.2 Å². The smallest absolute Gasteiger partial charge is 0.261 e. The third kappa shape index (κ3) is 6.15. The third-order valence-electron chi connectivity index (χ3n) is 2.53. The summed E-state index contributed by atoms with van der Waals surface area (Å²) in [5, 5.41) is 0. The van der Waals surface area contributed by atoms with Gasteiger partial charge in [-0.1, -0.05) is 12.1 Å². The van der Waals surface area contributed by atoms with Gasteiger partial charge in [-0.15, -0.1) is 0 Å². The lowest BCUT2D eigenvalue weighted by molar-refractivity contribution is -0.132. The predicted molar refractivity (Wildman–Crippen MR) is 68.8 cm³/mol. The van der Waals surface area contributed by atoms with Crippen LogP contribution < -0.4 is 5.73 Å². The van der Waals surface area contributed by atoms with Gasteiger partial charge in [0.1, 0.15) is 6.61 Å². The molecule has 4 nitrogen and oxygen atoms in total. The van der Waals surface area contributed by atoms with Gasteiger partial charge in [-0.05, 0) is 17.7 Å². The largest absolute Gasteiger partial charge is 0.399 e. The molecule has 0 saturated heterocycles. The molecule has 106 valence electrons. The van der Waals surface area contributed by atoms with E-state index in [9.17, 15) is 13.6 Å². The van der Waals surface area contributed by atoms with Gasteiger partial charge in [0.2, 0.25) is 5.91 Å². The highest BCUT2D eigenvalue weighted by molar-refractivity contribution is 5.75. The molecule has 0 spiro atoms. The lowest BCUT2D eigenvalue weighted by atomic mass is 10.2. The number of rotatable bonds is 7. The van der Waals surface area contributed by atoms with Crippen molar-refractivity contribution in [3.8, 4) is 0 Å². The van der Waals surface area contributed by atoms with Crippen molar-refractivity contribution < 1.29 is 18.3 Å². The second kappa shape index (κ2) is 7.68. The van der Waals surface area contributed by atoms with Crippen molar-refractivity contribution in [2.45, 2.75) is 19.4 Å². The molecule has 0 saturated carbocycles. The normalized spacial score (nSPS) is 10.7. The summed E-state index contributed by atoms with van der Waals surface area (Å²) in [6, 6.07) is 7.21. The van der Waals surface area contributed by atoms with Crippen LogP contribution in [0.3, 0.4) is 0 Å². The van der Waals surface area contributed by atoms with E-state index in [0.29, 0.717) is 12.2 Å². The van der Waals surface area contributed by atoms with Crippen LogP contribution in [0.15, 0.2) is 24.3 Å². The minimum Gasteiger partial charge on any atom is -0.399 e. The Morgan fingerprint density at radius 1 is 1.37 bits per heavy atom. The Morgan fingerprint density at radius 3 is 2.58 bits per heavy atom. The van der Waals surface area contributed by atoms with Crippen molar-refractivity contribution in [3.05, 3.63) is 29.8 Å². The van der Waals surface area contributed by atoms with Gasteiger partial charge in [-0.25, -0.2) is 8.78 Å². The van der Waals surface area contributed by atoms with Crippen LogP contribution in [0.1, 0.15) is 12.0 Å². The Morgan fingerprint density at radius 2 is 2.00 bits per heavy atom. The van der Waals surface area contributed by atoms with Crippen LogP contribution in [0.5, 0.6) is 0 Å². The first kappa shape index (κ1) is 15.4. The van der Waals surface area contributed by atoms with Crippen LogP contribution in [0, 0.1) is 0 Å². The van der Waals surface area contributed by atoms with E-state index in [2.05, 4.69) is 4.74 Å². The van der Waals surface area contributed by atoms with Crippen molar-refractivity contribution >= 4 is 11.6 Å². The van der Waals surface area contributed by atoms with Crippen LogP contribution in [0.25, 0.3) is 0 Å². The van der Waals surface area contributed by atoms with Crippen molar-refractivity contribution in [1.82, 2.24) is 4.90 Å². The first-order chi connectivity index (χ1) is 8.99. The number of anilines is 1. The van der Waals surface area contributed by atoms with E-state index in [1.807, 2.05) is 12.1 Å². The quantitative estimate of drug-likeness (QED) is 0.609. The lowest BCUT2D eigenvalue weighted by Crippen LogP contribution is -2.27. The summed E-state index contributed by atoms with van der Waals surface area (Å²) < 4.78 is 28.3. The molecular formula is C13H18F2N2O2. The second-order valence-electron chi connectivity index (χ2n) is 4.21. The van der Waals surface area contributed by atoms with Crippen LogP contribution in [0.2, 0.25) is 0 Å². The molecule has 0 aliphatic carbocycles. The van der Waals surface area contributed by atoms with Crippen molar-refractivity contribution in [1.29, 1.82) is 0 Å². The number of nitrogen functional groups attached to an aromatic ring is 1. The molecule has 0 heterocycles. The van der Waals surface area contributed by atoms with E-state index in [0.717, 1.165) is 5.56 Å². The summed E-state index contributed by atoms with van der Waals surface area (Å²) >= 11 is 0. The molecule has 0 atom stereocenters. The molecule has 1 aromatic rings. The third-order valence-corrected chi connectivity index (χ3v) is 2.53. The molecule has 2 N–H and O–H groups in total. The number of alkyl halides is 2. The predicted octanol–water partition coefficient (Wildman–Crippen LogP) is 1.90. The average molecular weight is 272 g/mol. The summed E-state index contributed by atoms with van der Waals surface area (Å²) in [4.78, 5) is 13.2. The fourth-order valence-electron chi connectivity index (χ4n) is 1.51. The van der Waals surface area contributed by atoms with Gasteiger partial charge < -0.3 is 15.4 Å². The summed E-state index contributed by atoms with van der Waals surface area (Å²) in [6.07, 6.45) is -2.40. The Labute approximate surface area is 111 Å². The highest BCUT2D eigenvalue weighted by atomic mass is 19.3. The molecule has 1 aromatic carbocycles. The molecule has 0 bridgehead atoms. The number of ether oxygens (including phenoxy) is 1. The van der Waals surface area contributed by atoms with Crippen molar-refractivity contribution in [3.63, 3.8) is 0 Å². The van der Waals surface area contributed by atoms with Gasteiger partial charge in [-0.3, -0.25) is 4.79 Å². The Bertz CT molecular complexity index is 396. The number of hydrogen-bond acceptors (Lipinski definition) is 3. The van der Waals surface area contributed by atoms with E-state index in [4.69, 9.17) is 5.73 Å². The Hall–Kier alpha value is -1.69. The fourth-order valence-corrected chi connectivity index (χ4v) is 1.51. The van der Waals surface area contributed by atoms with Crippen molar-refractivity contribution in [2.24, 2.45) is 0 Å². The number of halogens is 2. The maximum absolute atomic E-state index is 11.8. The average Bonchev–Trinajstić information content (AvgIpc) is 2.36. The van der Waals surface area contributed by atoms with Gasteiger partial charge >= 0.3 is 0 Å². The summed E-state index contributed by atoms with van der Waals surface area (Å²) in [6.45, 7) is -0.168. The highest BCUT2D eigenvalue weighted by Gasteiger charge is 2.10. The molecule has 0 radical (unpaired) electrons. The Kier molecular flexibility index (Phi) is 6.21. The number of nitrogens with two attached hydrogens (primary N) is 1. The number of benzene rings is 1. The molecule has 0 unspecified atom stereocenters. The SMILES string of the molecule is CN(Cc1ccc(N)cc1)C(=O)CCOCC(F)F. The van der Waals surface area contributed by atoms with E-state index in [-0.39, 0.29) is 18.9 Å². The Balaban J connectivity index is 2.30. The second-order valence-corrected chi connectivity index (χ2v) is 4.21. The molecular weight excluding hydrogens is 254 g/mol. The molecule has 1 amide bonds. The van der Waals surface area contributed by atoms with Crippen LogP contribution in [-0.2, 0) is 16.1 Å². The van der Waals surface area contributed by atoms with Gasteiger partial charge in [-0.2, -0.15) is 0 Å². The van der Waals surface area contributed by atoms with Crippen LogP contribution >= 0.6 is 0 Å². The molecule has 0 aliphatic rings. The minimum atomic E-state index is -2.50. The van der Waals surface area contributed by atoms with E-state index in [1.165, 1.54) is 4.90 Å². The van der Waals surface area contributed by atoms with E-state index < -0.39 is 13.0 Å². The van der Waals surface area contributed by atoms with Crippen LogP contribution in [-0.4, -0.2) is 37.5 Å². The molecule has 6 heteroatoms. The van der Waals surface area contributed by atoms with Gasteiger partial charge in [0.05, 0.1) is 13.0 Å². The molecule has 0 aliphatic heterocycles.